The molecule has 3 aromatic carbocycles. The molecule has 3 rings (SSSR count). The van der Waals surface area contributed by atoms with Crippen molar-refractivity contribution in [3.05, 3.63) is 80.8 Å². The Morgan fingerprint density at radius 2 is 1.53 bits per heavy atom. The van der Waals surface area contributed by atoms with Crippen LogP contribution in [0.2, 0.25) is 15.1 Å². The Labute approximate surface area is 235 Å². The molecule has 202 valence electrons. The molecule has 0 aromatic heterocycles. The lowest BCUT2D eigenvalue weighted by Crippen LogP contribution is -2.39. The van der Waals surface area contributed by atoms with Gasteiger partial charge in [-0.1, -0.05) is 40.9 Å². The van der Waals surface area contributed by atoms with Crippen LogP contribution in [0.1, 0.15) is 11.1 Å². The number of nitrogens with zero attached hydrogens (tertiary/aromatic N) is 2. The summed E-state index contributed by atoms with van der Waals surface area (Å²) in [6, 6.07) is 13.5. The molecule has 1 N–H and O–H groups in total. The fourth-order valence-electron chi connectivity index (χ4n) is 3.37. The summed E-state index contributed by atoms with van der Waals surface area (Å²) in [5, 5.41) is 4.97. The highest BCUT2D eigenvalue weighted by molar-refractivity contribution is 7.89. The average Bonchev–Trinajstić information content (AvgIpc) is 2.89. The summed E-state index contributed by atoms with van der Waals surface area (Å²) in [6.45, 7) is -0.735. The van der Waals surface area contributed by atoms with Gasteiger partial charge in [-0.3, -0.25) is 4.79 Å². The second-order valence-corrected chi connectivity index (χ2v) is 10.9. The van der Waals surface area contributed by atoms with E-state index in [9.17, 15) is 13.2 Å². The molecule has 0 aliphatic heterocycles. The van der Waals surface area contributed by atoms with Gasteiger partial charge < -0.3 is 14.2 Å². The van der Waals surface area contributed by atoms with Gasteiger partial charge in [0, 0.05) is 27.2 Å². The summed E-state index contributed by atoms with van der Waals surface area (Å²) in [4.78, 5) is 12.7. The molecule has 13 heteroatoms. The maximum atomic E-state index is 13.4. The predicted molar refractivity (Wildman–Crippen MR) is 147 cm³/mol. The minimum Gasteiger partial charge on any atom is -0.493 e. The van der Waals surface area contributed by atoms with Gasteiger partial charge in [0.05, 0.1) is 39.0 Å². The van der Waals surface area contributed by atoms with Gasteiger partial charge >= 0.3 is 0 Å². The number of hydrazone groups is 1. The molecule has 0 saturated heterocycles. The Morgan fingerprint density at radius 1 is 0.921 bits per heavy atom. The van der Waals surface area contributed by atoms with Crippen molar-refractivity contribution in [1.29, 1.82) is 0 Å². The molecule has 0 aliphatic rings. The second-order valence-electron chi connectivity index (χ2n) is 7.71. The summed E-state index contributed by atoms with van der Waals surface area (Å²) in [5.41, 5.74) is 3.34. The third-order valence-electron chi connectivity index (χ3n) is 5.22. The smallest absolute Gasteiger partial charge is 0.255 e. The minimum atomic E-state index is -4.12. The largest absolute Gasteiger partial charge is 0.493 e. The van der Waals surface area contributed by atoms with Crippen LogP contribution in [-0.2, 0) is 21.4 Å². The molecule has 0 aliphatic carbocycles. The Balaban J connectivity index is 1.83. The predicted octanol–water partition coefficient (Wildman–Crippen LogP) is 5.01. The first-order chi connectivity index (χ1) is 18.1. The van der Waals surface area contributed by atoms with Crippen LogP contribution in [0.15, 0.2) is 64.6 Å². The first-order valence-corrected chi connectivity index (χ1v) is 13.5. The summed E-state index contributed by atoms with van der Waals surface area (Å²) in [5.74, 6) is 0.524. The lowest BCUT2D eigenvalue weighted by Gasteiger charge is -2.22. The van der Waals surface area contributed by atoms with Gasteiger partial charge in [0.25, 0.3) is 5.91 Å². The van der Waals surface area contributed by atoms with Gasteiger partial charge in [-0.25, -0.2) is 13.8 Å². The van der Waals surface area contributed by atoms with Crippen LogP contribution in [0.4, 0.5) is 0 Å². The highest BCUT2D eigenvalue weighted by Crippen LogP contribution is 2.37. The van der Waals surface area contributed by atoms with E-state index in [2.05, 4.69) is 10.5 Å². The van der Waals surface area contributed by atoms with Crippen molar-refractivity contribution in [1.82, 2.24) is 9.73 Å². The monoisotopic (exact) mass is 599 g/mol. The molecule has 0 unspecified atom stereocenters. The zero-order valence-electron chi connectivity index (χ0n) is 20.6. The standard InChI is InChI=1S/C25H24Cl3N3O6S/c1-35-22-10-16(11-23(36-2)25(22)37-3)13-29-30-24(32)15-31(14-17-4-5-19(27)12-21(17)28)38(33,34)20-8-6-18(26)7-9-20/h4-13H,14-15H2,1-3H3,(H,30,32)/b29-13-. The molecule has 1 amide bonds. The van der Waals surface area contributed by atoms with Crippen molar-refractivity contribution in [2.75, 3.05) is 27.9 Å². The fourth-order valence-corrected chi connectivity index (χ4v) is 5.34. The normalized spacial score (nSPS) is 11.6. The Morgan fingerprint density at radius 3 is 2.08 bits per heavy atom. The van der Waals surface area contributed by atoms with E-state index in [0.717, 1.165) is 4.31 Å². The van der Waals surface area contributed by atoms with Crippen LogP contribution in [0, 0.1) is 0 Å². The number of nitrogens with one attached hydrogen (secondary N) is 1. The Bertz CT molecular complexity index is 1410. The van der Waals surface area contributed by atoms with Gasteiger partial charge in [-0.2, -0.15) is 9.41 Å². The first kappa shape index (κ1) is 29.5. The van der Waals surface area contributed by atoms with E-state index in [4.69, 9.17) is 49.0 Å². The molecule has 0 heterocycles. The first-order valence-electron chi connectivity index (χ1n) is 10.9. The number of carbonyl (C=O) groups excluding carboxylic acids is 1. The number of halogens is 3. The van der Waals surface area contributed by atoms with Gasteiger partial charge in [-0.15, -0.1) is 0 Å². The number of rotatable bonds is 11. The van der Waals surface area contributed by atoms with Gasteiger partial charge in [0.2, 0.25) is 15.8 Å². The molecule has 3 aromatic rings. The number of hydrogen-bond donors (Lipinski definition) is 1. The molecule has 0 radical (unpaired) electrons. The second kappa shape index (κ2) is 13.2. The van der Waals surface area contributed by atoms with E-state index in [0.29, 0.717) is 38.4 Å². The van der Waals surface area contributed by atoms with Crippen molar-refractivity contribution in [2.45, 2.75) is 11.4 Å². The maximum absolute atomic E-state index is 13.4. The van der Waals surface area contributed by atoms with Gasteiger partial charge in [0.1, 0.15) is 0 Å². The highest BCUT2D eigenvalue weighted by Gasteiger charge is 2.27. The molecule has 0 atom stereocenters. The van der Waals surface area contributed by atoms with Crippen LogP contribution in [0.3, 0.4) is 0 Å². The van der Waals surface area contributed by atoms with Crippen LogP contribution in [0.5, 0.6) is 17.2 Å². The number of methoxy groups -OCH3 is 3. The molecule has 0 saturated carbocycles. The summed E-state index contributed by atoms with van der Waals surface area (Å²) in [7, 11) is 0.314. The maximum Gasteiger partial charge on any atom is 0.255 e. The van der Waals surface area contributed by atoms with Crippen LogP contribution < -0.4 is 19.6 Å². The van der Waals surface area contributed by atoms with E-state index < -0.39 is 22.5 Å². The van der Waals surface area contributed by atoms with Crippen molar-refractivity contribution in [3.63, 3.8) is 0 Å². The van der Waals surface area contributed by atoms with Gasteiger partial charge in [0.15, 0.2) is 11.5 Å². The zero-order chi connectivity index (χ0) is 27.9. The Hall–Kier alpha value is -3.02. The number of carbonyl (C=O) groups is 1. The minimum absolute atomic E-state index is 0.0410. The molecule has 38 heavy (non-hydrogen) atoms. The quantitative estimate of drug-likeness (QED) is 0.245. The third kappa shape index (κ3) is 7.30. The SMILES string of the molecule is COc1cc(/C=N\NC(=O)CN(Cc2ccc(Cl)cc2Cl)S(=O)(=O)c2ccc(Cl)cc2)cc(OC)c1OC. The summed E-state index contributed by atoms with van der Waals surface area (Å²) in [6.07, 6.45) is 1.36. The van der Waals surface area contributed by atoms with Crippen LogP contribution >= 0.6 is 34.8 Å². The van der Waals surface area contributed by atoms with Crippen molar-refractivity contribution >= 4 is 56.9 Å². The Kier molecular flexibility index (Phi) is 10.2. The number of sulfonamides is 1. The van der Waals surface area contributed by atoms with Crippen LogP contribution in [-0.4, -0.2) is 52.7 Å². The van der Waals surface area contributed by atoms with Crippen molar-refractivity contribution < 1.29 is 27.4 Å². The van der Waals surface area contributed by atoms with Crippen LogP contribution in [0.25, 0.3) is 0 Å². The van der Waals surface area contributed by atoms with Gasteiger partial charge in [-0.05, 0) is 54.1 Å². The number of ether oxygens (including phenoxy) is 3. The van der Waals surface area contributed by atoms with Crippen molar-refractivity contribution in [3.8, 4) is 17.2 Å². The average molecular weight is 601 g/mol. The summed E-state index contributed by atoms with van der Waals surface area (Å²) < 4.78 is 43.7. The number of hydrogen-bond acceptors (Lipinski definition) is 7. The highest BCUT2D eigenvalue weighted by atomic mass is 35.5. The van der Waals surface area contributed by atoms with E-state index in [1.54, 1.807) is 24.3 Å². The molecule has 0 fully saturated rings. The van der Waals surface area contributed by atoms with E-state index >= 15 is 0 Å². The van der Waals surface area contributed by atoms with Crippen molar-refractivity contribution in [2.24, 2.45) is 5.10 Å². The molecule has 9 nitrogen and oxygen atoms in total. The van der Waals surface area contributed by atoms with E-state index in [1.165, 1.54) is 57.9 Å². The molecular weight excluding hydrogens is 577 g/mol. The fraction of sp³-hybridized carbons (Fsp3) is 0.200. The zero-order valence-corrected chi connectivity index (χ0v) is 23.7. The molecule has 0 bridgehead atoms. The number of benzene rings is 3. The third-order valence-corrected chi connectivity index (χ3v) is 7.87. The molecular formula is C25H24Cl3N3O6S. The topological polar surface area (TPSA) is 107 Å². The van der Waals surface area contributed by atoms with E-state index in [-0.39, 0.29) is 16.5 Å². The lowest BCUT2D eigenvalue weighted by molar-refractivity contribution is -0.121. The molecule has 0 spiro atoms. The summed E-state index contributed by atoms with van der Waals surface area (Å²) >= 11 is 18.2. The van der Waals surface area contributed by atoms with E-state index in [1.807, 2.05) is 0 Å². The lowest BCUT2D eigenvalue weighted by atomic mass is 10.2. The number of amides is 1.